The molecule has 1 aromatic carbocycles. The van der Waals surface area contributed by atoms with Crippen LogP contribution in [0.25, 0.3) is 0 Å². The molecular formula is C13H19ClFN3. The molecule has 1 fully saturated rings. The van der Waals surface area contributed by atoms with E-state index in [1.54, 1.807) is 6.07 Å². The van der Waals surface area contributed by atoms with Gasteiger partial charge in [0.2, 0.25) is 0 Å². The lowest BCUT2D eigenvalue weighted by atomic mass is 9.83. The summed E-state index contributed by atoms with van der Waals surface area (Å²) in [5, 5.41) is 0.439. The highest BCUT2D eigenvalue weighted by Gasteiger charge is 2.38. The van der Waals surface area contributed by atoms with E-state index in [1.807, 2.05) is 0 Å². The van der Waals surface area contributed by atoms with Crippen molar-refractivity contribution in [2.24, 2.45) is 11.7 Å². The minimum atomic E-state index is -0.323. The van der Waals surface area contributed by atoms with Crippen LogP contribution >= 0.6 is 11.6 Å². The van der Waals surface area contributed by atoms with Crippen LogP contribution in [0.5, 0.6) is 0 Å². The Morgan fingerprint density at radius 1 is 1.44 bits per heavy atom. The minimum absolute atomic E-state index is 0.0491. The molecule has 0 amide bonds. The molecule has 0 aliphatic carbocycles. The normalized spacial score (nSPS) is 29.5. The maximum absolute atomic E-state index is 13.1. The predicted molar refractivity (Wildman–Crippen MR) is 71.6 cm³/mol. The van der Waals surface area contributed by atoms with Crippen molar-refractivity contribution in [1.29, 1.82) is 0 Å². The summed E-state index contributed by atoms with van der Waals surface area (Å²) in [5.74, 6) is 0.182. The molecule has 0 spiro atoms. The first kappa shape index (κ1) is 13.7. The zero-order valence-electron chi connectivity index (χ0n) is 10.6. The largest absolute Gasteiger partial charge is 0.314 e. The lowest BCUT2D eigenvalue weighted by molar-refractivity contribution is 0.368. The van der Waals surface area contributed by atoms with Crippen LogP contribution in [0.15, 0.2) is 18.2 Å². The molecule has 18 heavy (non-hydrogen) atoms. The van der Waals surface area contributed by atoms with Crippen molar-refractivity contribution in [2.45, 2.75) is 38.4 Å². The van der Waals surface area contributed by atoms with Crippen molar-refractivity contribution in [1.82, 2.24) is 10.9 Å². The first-order valence-corrected chi connectivity index (χ1v) is 6.64. The third-order valence-electron chi connectivity index (χ3n) is 3.77. The van der Waals surface area contributed by atoms with E-state index in [1.165, 1.54) is 12.1 Å². The fraction of sp³-hybridized carbons (Fsp3) is 0.538. The van der Waals surface area contributed by atoms with E-state index in [-0.39, 0.29) is 23.9 Å². The van der Waals surface area contributed by atoms with Crippen LogP contribution in [0.3, 0.4) is 0 Å². The fourth-order valence-corrected chi connectivity index (χ4v) is 2.80. The van der Waals surface area contributed by atoms with Crippen LogP contribution in [0.1, 0.15) is 31.7 Å². The number of hydrogen-bond acceptors (Lipinski definition) is 3. The lowest BCUT2D eigenvalue weighted by Gasteiger charge is -2.26. The highest BCUT2D eigenvalue weighted by molar-refractivity contribution is 6.31. The van der Waals surface area contributed by atoms with Crippen molar-refractivity contribution in [3.05, 3.63) is 34.6 Å². The van der Waals surface area contributed by atoms with E-state index in [4.69, 9.17) is 17.3 Å². The number of hydrazine groups is 1. The van der Waals surface area contributed by atoms with Crippen LogP contribution in [-0.4, -0.2) is 12.2 Å². The van der Waals surface area contributed by atoms with Gasteiger partial charge in [-0.05, 0) is 23.6 Å². The SMILES string of the molecule is CCC(C)C1NNC(N)C1c1ccc(F)cc1Cl. The van der Waals surface area contributed by atoms with Crippen LogP contribution in [0.2, 0.25) is 5.02 Å². The topological polar surface area (TPSA) is 50.1 Å². The van der Waals surface area contributed by atoms with Gasteiger partial charge in [-0.1, -0.05) is 37.9 Å². The Kier molecular flexibility index (Phi) is 4.22. The van der Waals surface area contributed by atoms with Gasteiger partial charge in [0.1, 0.15) is 5.82 Å². The predicted octanol–water partition coefficient (Wildman–Crippen LogP) is 2.37. The van der Waals surface area contributed by atoms with E-state index in [0.29, 0.717) is 10.9 Å². The molecule has 0 aromatic heterocycles. The number of benzene rings is 1. The molecule has 0 radical (unpaired) electrons. The molecule has 5 heteroatoms. The molecule has 1 aliphatic heterocycles. The monoisotopic (exact) mass is 271 g/mol. The third kappa shape index (κ3) is 2.52. The van der Waals surface area contributed by atoms with Gasteiger partial charge in [0.15, 0.2) is 0 Å². The number of rotatable bonds is 3. The Bertz CT molecular complexity index is 427. The highest BCUT2D eigenvalue weighted by Crippen LogP contribution is 2.34. The van der Waals surface area contributed by atoms with Crippen LogP contribution in [0, 0.1) is 11.7 Å². The summed E-state index contributed by atoms with van der Waals surface area (Å²) < 4.78 is 13.1. The van der Waals surface area contributed by atoms with Gasteiger partial charge in [-0.2, -0.15) is 0 Å². The summed E-state index contributed by atoms with van der Waals surface area (Å²) in [6, 6.07) is 4.70. The van der Waals surface area contributed by atoms with Crippen LogP contribution in [-0.2, 0) is 0 Å². The zero-order chi connectivity index (χ0) is 13.3. The summed E-state index contributed by atoms with van der Waals surface area (Å²) in [6.07, 6.45) is 0.827. The quantitative estimate of drug-likeness (QED) is 0.791. The van der Waals surface area contributed by atoms with Gasteiger partial charge >= 0.3 is 0 Å². The summed E-state index contributed by atoms with van der Waals surface area (Å²) in [6.45, 7) is 4.31. The first-order valence-electron chi connectivity index (χ1n) is 6.26. The number of nitrogens with one attached hydrogen (secondary N) is 2. The van der Waals surface area contributed by atoms with Gasteiger partial charge < -0.3 is 5.73 Å². The van der Waals surface area contributed by atoms with E-state index in [0.717, 1.165) is 12.0 Å². The van der Waals surface area contributed by atoms with Crippen LogP contribution in [0.4, 0.5) is 4.39 Å². The Labute approximate surface area is 112 Å². The van der Waals surface area contributed by atoms with Crippen molar-refractivity contribution in [3.8, 4) is 0 Å². The summed E-state index contributed by atoms with van der Waals surface area (Å²) >= 11 is 6.14. The zero-order valence-corrected chi connectivity index (χ0v) is 11.3. The average molecular weight is 272 g/mol. The maximum atomic E-state index is 13.1. The molecule has 4 N–H and O–H groups in total. The Balaban J connectivity index is 2.33. The molecule has 3 nitrogen and oxygen atoms in total. The summed E-state index contributed by atoms with van der Waals surface area (Å²) in [5.41, 5.74) is 13.2. The summed E-state index contributed by atoms with van der Waals surface area (Å²) in [7, 11) is 0. The van der Waals surface area contributed by atoms with Gasteiger partial charge in [-0.15, -0.1) is 0 Å². The molecule has 1 saturated heterocycles. The van der Waals surface area contributed by atoms with E-state index in [9.17, 15) is 4.39 Å². The molecule has 1 heterocycles. The standard InChI is InChI=1S/C13H19ClFN3/c1-3-7(2)12-11(13(16)18-17-12)9-5-4-8(15)6-10(9)14/h4-7,11-13,17-18H,3,16H2,1-2H3. The van der Waals surface area contributed by atoms with Gasteiger partial charge in [-0.3, -0.25) is 5.43 Å². The van der Waals surface area contributed by atoms with Gasteiger partial charge in [0, 0.05) is 17.0 Å². The maximum Gasteiger partial charge on any atom is 0.124 e. The minimum Gasteiger partial charge on any atom is -0.314 e. The van der Waals surface area contributed by atoms with Gasteiger partial charge in [0.05, 0.1) is 6.17 Å². The molecule has 100 valence electrons. The van der Waals surface area contributed by atoms with E-state index in [2.05, 4.69) is 24.7 Å². The van der Waals surface area contributed by atoms with E-state index < -0.39 is 0 Å². The van der Waals surface area contributed by atoms with Crippen molar-refractivity contribution in [2.75, 3.05) is 0 Å². The second kappa shape index (κ2) is 5.53. The number of halogens is 2. The summed E-state index contributed by atoms with van der Waals surface area (Å²) in [4.78, 5) is 0. The molecule has 1 aliphatic rings. The van der Waals surface area contributed by atoms with Crippen molar-refractivity contribution < 1.29 is 4.39 Å². The van der Waals surface area contributed by atoms with Crippen LogP contribution < -0.4 is 16.6 Å². The van der Waals surface area contributed by atoms with Gasteiger partial charge in [0.25, 0.3) is 0 Å². The molecule has 4 unspecified atom stereocenters. The molecule has 1 aromatic rings. The third-order valence-corrected chi connectivity index (χ3v) is 4.10. The first-order chi connectivity index (χ1) is 8.54. The smallest absolute Gasteiger partial charge is 0.124 e. The highest BCUT2D eigenvalue weighted by atomic mass is 35.5. The second-order valence-electron chi connectivity index (χ2n) is 4.92. The fourth-order valence-electron chi connectivity index (χ4n) is 2.50. The second-order valence-corrected chi connectivity index (χ2v) is 5.32. The Hall–Kier alpha value is -0.680. The lowest BCUT2D eigenvalue weighted by Crippen LogP contribution is -2.39. The number of hydrogen-bond donors (Lipinski definition) is 3. The average Bonchev–Trinajstić information content (AvgIpc) is 2.70. The Morgan fingerprint density at radius 3 is 2.78 bits per heavy atom. The number of nitrogens with two attached hydrogens (primary N) is 1. The molecular weight excluding hydrogens is 253 g/mol. The molecule has 0 saturated carbocycles. The van der Waals surface area contributed by atoms with Crippen molar-refractivity contribution >= 4 is 11.6 Å². The van der Waals surface area contributed by atoms with E-state index >= 15 is 0 Å². The molecule has 4 atom stereocenters. The van der Waals surface area contributed by atoms with Gasteiger partial charge in [-0.25, -0.2) is 9.82 Å². The Morgan fingerprint density at radius 2 is 2.17 bits per heavy atom. The molecule has 0 bridgehead atoms. The van der Waals surface area contributed by atoms with Crippen molar-refractivity contribution in [3.63, 3.8) is 0 Å². The molecule has 2 rings (SSSR count).